The van der Waals surface area contributed by atoms with Gasteiger partial charge in [0.05, 0.1) is 0 Å². The molecule has 0 aliphatic carbocycles. The molecule has 0 aliphatic heterocycles. The average molecular weight is 188 g/mol. The smallest absolute Gasteiger partial charge is 0.152 e. The van der Waals surface area contributed by atoms with E-state index in [9.17, 15) is 4.79 Å². The van der Waals surface area contributed by atoms with Crippen LogP contribution in [0, 0.1) is 0 Å². The predicted molar refractivity (Wildman–Crippen MR) is 59.2 cm³/mol. The molecule has 0 saturated heterocycles. The van der Waals surface area contributed by atoms with Gasteiger partial charge in [0.1, 0.15) is 0 Å². The second kappa shape index (κ2) is 6.14. The van der Waals surface area contributed by atoms with Gasteiger partial charge in [0.2, 0.25) is 0 Å². The Bertz CT molecular complexity index is 298. The minimum Gasteiger partial charge on any atom is -0.295 e. The maximum Gasteiger partial charge on any atom is 0.152 e. The Morgan fingerprint density at radius 2 is 2.00 bits per heavy atom. The Kier molecular flexibility index (Phi) is 4.70. The van der Waals surface area contributed by atoms with Gasteiger partial charge in [0.15, 0.2) is 5.78 Å². The number of rotatable bonds is 5. The molecule has 0 atom stereocenters. The van der Waals surface area contributed by atoms with Gasteiger partial charge < -0.3 is 0 Å². The molecule has 1 aromatic carbocycles. The Labute approximate surface area is 85.5 Å². The van der Waals surface area contributed by atoms with Crippen LogP contribution in [-0.2, 0) is 11.2 Å². The first-order valence-corrected chi connectivity index (χ1v) is 5.00. The Morgan fingerprint density at radius 1 is 1.29 bits per heavy atom. The summed E-state index contributed by atoms with van der Waals surface area (Å²) in [6, 6.07) is 10.4. The molecule has 0 aliphatic rings. The van der Waals surface area contributed by atoms with Crippen molar-refractivity contribution in [3.05, 3.63) is 48.0 Å². The van der Waals surface area contributed by atoms with E-state index >= 15 is 0 Å². The van der Waals surface area contributed by atoms with E-state index < -0.39 is 0 Å². The summed E-state index contributed by atoms with van der Waals surface area (Å²) in [4.78, 5) is 10.6. The molecule has 74 valence electrons. The highest BCUT2D eigenvalue weighted by atomic mass is 16.1. The molecule has 0 fully saturated rings. The molecular formula is C13H16O. The van der Waals surface area contributed by atoms with E-state index in [1.807, 2.05) is 12.1 Å². The van der Waals surface area contributed by atoms with Crippen LogP contribution in [0.1, 0.15) is 25.3 Å². The highest BCUT2D eigenvalue weighted by Crippen LogP contribution is 2.04. The molecule has 0 bridgehead atoms. The first-order valence-electron chi connectivity index (χ1n) is 5.00. The molecule has 0 heterocycles. The molecule has 0 unspecified atom stereocenters. The number of hydrogen-bond donors (Lipinski definition) is 0. The molecule has 0 spiro atoms. The molecule has 0 amide bonds. The van der Waals surface area contributed by atoms with Crippen LogP contribution >= 0.6 is 0 Å². The van der Waals surface area contributed by atoms with Crippen molar-refractivity contribution >= 4 is 5.78 Å². The lowest BCUT2D eigenvalue weighted by Gasteiger charge is -1.97. The van der Waals surface area contributed by atoms with Crippen LogP contribution in [0.25, 0.3) is 0 Å². The standard InChI is InChI=1S/C13H16O/c1-12(14)8-4-2-5-9-13-10-6-3-7-11-13/h3-4,6-8,10-11H,2,5,9H2,1H3. The van der Waals surface area contributed by atoms with Crippen LogP contribution in [0.4, 0.5) is 0 Å². The van der Waals surface area contributed by atoms with Crippen molar-refractivity contribution in [3.8, 4) is 0 Å². The van der Waals surface area contributed by atoms with Crippen molar-refractivity contribution in [2.24, 2.45) is 0 Å². The van der Waals surface area contributed by atoms with Crippen LogP contribution in [0.3, 0.4) is 0 Å². The van der Waals surface area contributed by atoms with E-state index in [-0.39, 0.29) is 5.78 Å². The van der Waals surface area contributed by atoms with Gasteiger partial charge in [-0.05, 0) is 37.8 Å². The lowest BCUT2D eigenvalue weighted by atomic mass is 10.1. The lowest BCUT2D eigenvalue weighted by Crippen LogP contribution is -1.84. The predicted octanol–water partition coefficient (Wildman–Crippen LogP) is 3.15. The second-order valence-corrected chi connectivity index (χ2v) is 3.39. The number of carbonyl (C=O) groups is 1. The van der Waals surface area contributed by atoms with Crippen molar-refractivity contribution < 1.29 is 4.79 Å². The largest absolute Gasteiger partial charge is 0.295 e. The Morgan fingerprint density at radius 3 is 2.64 bits per heavy atom. The average Bonchev–Trinajstić information content (AvgIpc) is 2.18. The van der Waals surface area contributed by atoms with Crippen LogP contribution in [0.2, 0.25) is 0 Å². The minimum absolute atomic E-state index is 0.129. The third kappa shape index (κ3) is 4.61. The van der Waals surface area contributed by atoms with Crippen LogP contribution in [0.5, 0.6) is 0 Å². The summed E-state index contributed by atoms with van der Waals surface area (Å²) in [6.07, 6.45) is 6.77. The fourth-order valence-corrected chi connectivity index (χ4v) is 1.32. The number of carbonyl (C=O) groups excluding carboxylic acids is 1. The monoisotopic (exact) mass is 188 g/mol. The van der Waals surface area contributed by atoms with Crippen LogP contribution < -0.4 is 0 Å². The van der Waals surface area contributed by atoms with E-state index in [2.05, 4.69) is 24.3 Å². The summed E-state index contributed by atoms with van der Waals surface area (Å²) >= 11 is 0. The van der Waals surface area contributed by atoms with Gasteiger partial charge in [-0.3, -0.25) is 4.79 Å². The van der Waals surface area contributed by atoms with Crippen LogP contribution in [-0.4, -0.2) is 5.78 Å². The molecule has 0 aromatic heterocycles. The summed E-state index contributed by atoms with van der Waals surface area (Å²) < 4.78 is 0. The Hall–Kier alpha value is -1.37. The summed E-state index contributed by atoms with van der Waals surface area (Å²) in [5, 5.41) is 0. The molecule has 1 heteroatoms. The van der Waals surface area contributed by atoms with Crippen molar-refractivity contribution in [1.82, 2.24) is 0 Å². The fourth-order valence-electron chi connectivity index (χ4n) is 1.32. The number of hydrogen-bond acceptors (Lipinski definition) is 1. The van der Waals surface area contributed by atoms with E-state index in [1.54, 1.807) is 13.0 Å². The summed E-state index contributed by atoms with van der Waals surface area (Å²) in [7, 11) is 0. The van der Waals surface area contributed by atoms with Crippen LogP contribution in [0.15, 0.2) is 42.5 Å². The maximum absolute atomic E-state index is 10.6. The van der Waals surface area contributed by atoms with Gasteiger partial charge in [-0.25, -0.2) is 0 Å². The number of ketones is 1. The molecule has 0 N–H and O–H groups in total. The third-order valence-electron chi connectivity index (χ3n) is 2.03. The van der Waals surface area contributed by atoms with Gasteiger partial charge in [0.25, 0.3) is 0 Å². The van der Waals surface area contributed by atoms with Gasteiger partial charge in [-0.15, -0.1) is 0 Å². The van der Waals surface area contributed by atoms with Gasteiger partial charge in [0, 0.05) is 0 Å². The van der Waals surface area contributed by atoms with Crippen molar-refractivity contribution in [2.45, 2.75) is 26.2 Å². The molecule has 0 saturated carbocycles. The zero-order valence-electron chi connectivity index (χ0n) is 8.57. The molecular weight excluding hydrogens is 172 g/mol. The number of aryl methyl sites for hydroxylation is 1. The normalized spacial score (nSPS) is 10.6. The third-order valence-corrected chi connectivity index (χ3v) is 2.03. The van der Waals surface area contributed by atoms with E-state index in [1.165, 1.54) is 5.56 Å². The zero-order chi connectivity index (χ0) is 10.2. The summed E-state index contributed by atoms with van der Waals surface area (Å²) in [5.74, 6) is 0.129. The first-order chi connectivity index (χ1) is 6.79. The molecule has 14 heavy (non-hydrogen) atoms. The lowest BCUT2D eigenvalue weighted by molar-refractivity contribution is -0.112. The van der Waals surface area contributed by atoms with E-state index in [0.29, 0.717) is 0 Å². The van der Waals surface area contributed by atoms with E-state index in [0.717, 1.165) is 19.3 Å². The molecule has 1 aromatic rings. The zero-order valence-corrected chi connectivity index (χ0v) is 8.57. The van der Waals surface area contributed by atoms with Crippen molar-refractivity contribution in [1.29, 1.82) is 0 Å². The number of unbranched alkanes of at least 4 members (excludes halogenated alkanes) is 1. The van der Waals surface area contributed by atoms with Gasteiger partial charge in [-0.2, -0.15) is 0 Å². The van der Waals surface area contributed by atoms with Crippen molar-refractivity contribution in [3.63, 3.8) is 0 Å². The molecule has 1 nitrogen and oxygen atoms in total. The molecule has 1 rings (SSSR count). The summed E-state index contributed by atoms with van der Waals surface area (Å²) in [5.41, 5.74) is 1.36. The van der Waals surface area contributed by atoms with E-state index in [4.69, 9.17) is 0 Å². The quantitative estimate of drug-likeness (QED) is 0.512. The van der Waals surface area contributed by atoms with Gasteiger partial charge in [-0.1, -0.05) is 36.4 Å². The summed E-state index contributed by atoms with van der Waals surface area (Å²) in [6.45, 7) is 1.58. The Balaban J connectivity index is 2.19. The second-order valence-electron chi connectivity index (χ2n) is 3.39. The topological polar surface area (TPSA) is 17.1 Å². The fraction of sp³-hybridized carbons (Fsp3) is 0.308. The van der Waals surface area contributed by atoms with Crippen molar-refractivity contribution in [2.75, 3.05) is 0 Å². The van der Waals surface area contributed by atoms with Gasteiger partial charge >= 0.3 is 0 Å². The minimum atomic E-state index is 0.129. The SMILES string of the molecule is CC(=O)C=CCCCc1ccccc1. The number of allylic oxidation sites excluding steroid dienone is 2. The first kappa shape index (κ1) is 10.7. The maximum atomic E-state index is 10.6. The molecule has 0 radical (unpaired) electrons. The number of benzene rings is 1. The highest BCUT2D eigenvalue weighted by Gasteiger charge is 1.89. The highest BCUT2D eigenvalue weighted by molar-refractivity contribution is 5.87.